The van der Waals surface area contributed by atoms with Crippen LogP contribution in [0.25, 0.3) is 10.9 Å². The molecule has 2 heterocycles. The van der Waals surface area contributed by atoms with Crippen LogP contribution in [0.2, 0.25) is 0 Å². The minimum atomic E-state index is 0.0964. The minimum Gasteiger partial charge on any atom is -0.376 e. The predicted molar refractivity (Wildman–Crippen MR) is 78.3 cm³/mol. The van der Waals surface area contributed by atoms with Crippen molar-refractivity contribution in [1.29, 1.82) is 0 Å². The number of fused-ring (bicyclic) bond motifs is 2. The molecule has 3 rings (SSSR count). The number of hydrogen-bond donors (Lipinski definition) is 1. The van der Waals surface area contributed by atoms with E-state index in [9.17, 15) is 4.79 Å². The molecule has 0 amide bonds. The molecular weight excluding hydrogens is 397 g/mol. The van der Waals surface area contributed by atoms with Gasteiger partial charge in [0.25, 0.3) is 0 Å². The van der Waals surface area contributed by atoms with Gasteiger partial charge in [-0.25, -0.2) is 0 Å². The van der Waals surface area contributed by atoms with Crippen molar-refractivity contribution in [3.05, 3.63) is 41.7 Å². The van der Waals surface area contributed by atoms with Crippen molar-refractivity contribution in [2.75, 3.05) is 6.61 Å². The highest BCUT2D eigenvalue weighted by Gasteiger charge is 2.18. The summed E-state index contributed by atoms with van der Waals surface area (Å²) in [6.45, 7) is 1.10. The highest BCUT2D eigenvalue weighted by molar-refractivity contribution is 14.1. The zero-order valence-corrected chi connectivity index (χ0v) is 12.6. The molecule has 0 unspecified atom stereocenters. The zero-order valence-electron chi connectivity index (χ0n) is 8.85. The lowest BCUT2D eigenvalue weighted by Gasteiger charge is -2.17. The largest absolute Gasteiger partial charge is 0.376 e. The number of hydrogen-bond acceptors (Lipinski definition) is 2. The Hall–Kier alpha value is -0.400. The van der Waals surface area contributed by atoms with E-state index < -0.39 is 0 Å². The van der Waals surface area contributed by atoms with Crippen molar-refractivity contribution in [3.8, 4) is 0 Å². The topological polar surface area (TPSA) is 42.1 Å². The highest BCUT2D eigenvalue weighted by Crippen LogP contribution is 2.26. The monoisotopic (exact) mass is 405 g/mol. The number of aromatic nitrogens is 1. The normalized spacial score (nSPS) is 14.9. The first-order valence-electron chi connectivity index (χ1n) is 5.28. The number of aromatic amines is 1. The van der Waals surface area contributed by atoms with E-state index in [0.717, 1.165) is 36.6 Å². The standard InChI is InChI=1S/C12H9BrINO2/c13-7-1-2-8(14)10-11(7)15-9-3-4-17-5-6(9)12(10)16/h1-2H,3-5H2,(H,15,16). The summed E-state index contributed by atoms with van der Waals surface area (Å²) in [5.41, 5.74) is 2.78. The predicted octanol–water partition coefficient (Wildman–Crippen LogP) is 2.97. The molecule has 1 aliphatic heterocycles. The number of ether oxygens (including phenoxy) is 1. The van der Waals surface area contributed by atoms with Crippen LogP contribution in [-0.2, 0) is 17.8 Å². The average Bonchev–Trinajstić information content (AvgIpc) is 2.34. The maximum atomic E-state index is 12.4. The molecule has 0 aliphatic carbocycles. The molecule has 2 aromatic rings. The molecule has 3 nitrogen and oxygen atoms in total. The third-order valence-electron chi connectivity index (χ3n) is 2.99. The third kappa shape index (κ3) is 1.84. The third-order valence-corrected chi connectivity index (χ3v) is 4.55. The van der Waals surface area contributed by atoms with Crippen LogP contribution in [0.1, 0.15) is 11.3 Å². The molecule has 0 bridgehead atoms. The average molecular weight is 406 g/mol. The number of H-pyrrole nitrogens is 1. The Morgan fingerprint density at radius 1 is 1.41 bits per heavy atom. The summed E-state index contributed by atoms with van der Waals surface area (Å²) in [6, 6.07) is 3.91. The van der Waals surface area contributed by atoms with Gasteiger partial charge in [0.2, 0.25) is 0 Å². The molecule has 1 aromatic heterocycles. The number of rotatable bonds is 0. The SMILES string of the molecule is O=c1c2c([nH]c3c(Br)ccc(I)c13)CCOC2. The van der Waals surface area contributed by atoms with Crippen molar-refractivity contribution in [3.63, 3.8) is 0 Å². The Balaban J connectivity index is 2.48. The summed E-state index contributed by atoms with van der Waals surface area (Å²) in [5, 5.41) is 0.754. The van der Waals surface area contributed by atoms with Crippen LogP contribution in [0, 0.1) is 3.57 Å². The molecule has 5 heteroatoms. The van der Waals surface area contributed by atoms with Crippen LogP contribution in [0.4, 0.5) is 0 Å². The summed E-state index contributed by atoms with van der Waals surface area (Å²) in [4.78, 5) is 15.8. The molecule has 0 atom stereocenters. The van der Waals surface area contributed by atoms with Gasteiger partial charge in [-0.15, -0.1) is 0 Å². The Morgan fingerprint density at radius 3 is 3.06 bits per heavy atom. The number of halogens is 2. The maximum absolute atomic E-state index is 12.4. The van der Waals surface area contributed by atoms with Crippen molar-refractivity contribution in [1.82, 2.24) is 4.98 Å². The first-order valence-corrected chi connectivity index (χ1v) is 7.15. The molecule has 0 spiro atoms. The summed E-state index contributed by atoms with van der Waals surface area (Å²) in [7, 11) is 0. The van der Waals surface area contributed by atoms with Crippen molar-refractivity contribution >= 4 is 49.4 Å². The summed E-state index contributed by atoms with van der Waals surface area (Å²) in [5.74, 6) is 0. The molecule has 0 saturated heterocycles. The molecule has 1 N–H and O–H groups in total. The van der Waals surface area contributed by atoms with Gasteiger partial charge in [-0.2, -0.15) is 0 Å². The second-order valence-electron chi connectivity index (χ2n) is 3.99. The summed E-state index contributed by atoms with van der Waals surface area (Å²) in [6.07, 6.45) is 0.776. The van der Waals surface area contributed by atoms with E-state index in [2.05, 4.69) is 43.5 Å². The Bertz CT molecular complexity index is 666. The number of nitrogens with one attached hydrogen (secondary N) is 1. The van der Waals surface area contributed by atoms with Gasteiger partial charge in [0.15, 0.2) is 5.43 Å². The van der Waals surface area contributed by atoms with E-state index in [1.165, 1.54) is 0 Å². The van der Waals surface area contributed by atoms with Crippen LogP contribution in [0.5, 0.6) is 0 Å². The molecular formula is C12H9BrINO2. The number of benzene rings is 1. The van der Waals surface area contributed by atoms with Crippen molar-refractivity contribution in [2.24, 2.45) is 0 Å². The zero-order chi connectivity index (χ0) is 12.0. The lowest BCUT2D eigenvalue weighted by molar-refractivity contribution is 0.108. The van der Waals surface area contributed by atoms with E-state index >= 15 is 0 Å². The lowest BCUT2D eigenvalue weighted by Crippen LogP contribution is -2.22. The first kappa shape index (κ1) is 11.7. The second kappa shape index (κ2) is 4.37. The molecule has 0 fully saturated rings. The molecule has 88 valence electrons. The van der Waals surface area contributed by atoms with Gasteiger partial charge in [-0.3, -0.25) is 4.79 Å². The molecule has 17 heavy (non-hydrogen) atoms. The minimum absolute atomic E-state index is 0.0964. The molecule has 1 aliphatic rings. The Morgan fingerprint density at radius 2 is 2.24 bits per heavy atom. The van der Waals surface area contributed by atoms with Crippen LogP contribution < -0.4 is 5.43 Å². The lowest BCUT2D eigenvalue weighted by atomic mass is 10.1. The van der Waals surface area contributed by atoms with Crippen LogP contribution in [0.3, 0.4) is 0 Å². The van der Waals surface area contributed by atoms with Crippen molar-refractivity contribution < 1.29 is 4.74 Å². The van der Waals surface area contributed by atoms with Gasteiger partial charge in [0, 0.05) is 25.7 Å². The van der Waals surface area contributed by atoms with Gasteiger partial charge in [0.05, 0.1) is 24.1 Å². The van der Waals surface area contributed by atoms with E-state index in [0.29, 0.717) is 13.2 Å². The molecule has 1 aromatic carbocycles. The first-order chi connectivity index (χ1) is 8.18. The van der Waals surface area contributed by atoms with Gasteiger partial charge < -0.3 is 9.72 Å². The van der Waals surface area contributed by atoms with E-state index in [1.807, 2.05) is 12.1 Å². The quantitative estimate of drug-likeness (QED) is 0.684. The fourth-order valence-corrected chi connectivity index (χ4v) is 3.25. The smallest absolute Gasteiger partial charge is 0.196 e. The van der Waals surface area contributed by atoms with E-state index in [-0.39, 0.29) is 5.43 Å². The second-order valence-corrected chi connectivity index (χ2v) is 6.01. The highest BCUT2D eigenvalue weighted by atomic mass is 127. The van der Waals surface area contributed by atoms with Gasteiger partial charge in [0.1, 0.15) is 0 Å². The van der Waals surface area contributed by atoms with Gasteiger partial charge in [-0.05, 0) is 50.7 Å². The number of pyridine rings is 1. The van der Waals surface area contributed by atoms with Crippen LogP contribution in [0.15, 0.2) is 21.4 Å². The summed E-state index contributed by atoms with van der Waals surface area (Å²) >= 11 is 5.68. The van der Waals surface area contributed by atoms with Gasteiger partial charge >= 0.3 is 0 Å². The molecule has 0 saturated carbocycles. The van der Waals surface area contributed by atoms with E-state index in [1.54, 1.807) is 0 Å². The van der Waals surface area contributed by atoms with Crippen LogP contribution >= 0.6 is 38.5 Å². The maximum Gasteiger partial charge on any atom is 0.196 e. The fourth-order valence-electron chi connectivity index (χ4n) is 2.12. The van der Waals surface area contributed by atoms with Crippen molar-refractivity contribution in [2.45, 2.75) is 13.0 Å². The fraction of sp³-hybridized carbons (Fsp3) is 0.250. The van der Waals surface area contributed by atoms with Crippen LogP contribution in [-0.4, -0.2) is 11.6 Å². The summed E-state index contributed by atoms with van der Waals surface area (Å²) < 4.78 is 7.26. The Kier molecular flexibility index (Phi) is 3.00. The molecule has 0 radical (unpaired) electrons. The van der Waals surface area contributed by atoms with Gasteiger partial charge in [-0.1, -0.05) is 0 Å². The Labute approximate surface area is 120 Å². The van der Waals surface area contributed by atoms with E-state index in [4.69, 9.17) is 4.74 Å².